The molecular formula is C29H27F4N7O3S. The van der Waals surface area contributed by atoms with Crippen LogP contribution in [0.25, 0.3) is 0 Å². The Morgan fingerprint density at radius 3 is 2.66 bits per heavy atom. The summed E-state index contributed by atoms with van der Waals surface area (Å²) in [6.45, 7) is 0.756. The molecule has 0 saturated carbocycles. The molecule has 3 aliphatic rings. The van der Waals surface area contributed by atoms with Gasteiger partial charge in [0, 0.05) is 43.4 Å². The second-order valence-corrected chi connectivity index (χ2v) is 12.7. The van der Waals surface area contributed by atoms with E-state index in [0.717, 1.165) is 18.5 Å². The van der Waals surface area contributed by atoms with Gasteiger partial charge in [-0.2, -0.15) is 13.2 Å². The quantitative estimate of drug-likeness (QED) is 0.187. The topological polar surface area (TPSA) is 137 Å². The molecule has 1 aliphatic carbocycles. The zero-order chi connectivity index (χ0) is 31.3. The van der Waals surface area contributed by atoms with Gasteiger partial charge in [-0.3, -0.25) is 9.78 Å². The largest absolute Gasteiger partial charge is 0.416 e. The molecule has 15 heteroatoms. The lowest BCUT2D eigenvalue weighted by atomic mass is 9.65. The van der Waals surface area contributed by atoms with Crippen LogP contribution in [0.15, 0.2) is 76.9 Å². The first-order valence-electron chi connectivity index (χ1n) is 13.6. The fourth-order valence-corrected chi connectivity index (χ4v) is 7.56. The number of hydrogen-bond donors (Lipinski definition) is 3. The van der Waals surface area contributed by atoms with Crippen molar-refractivity contribution in [2.45, 2.75) is 37.3 Å². The second kappa shape index (κ2) is 11.1. The molecule has 1 fully saturated rings. The first kappa shape index (κ1) is 29.8. The predicted molar refractivity (Wildman–Crippen MR) is 152 cm³/mol. The molecule has 2 aromatic heterocycles. The molecule has 0 amide bonds. The minimum atomic E-state index is -4.72. The zero-order valence-electron chi connectivity index (χ0n) is 23.2. The maximum Gasteiger partial charge on any atom is 0.416 e. The van der Waals surface area contributed by atoms with Gasteiger partial charge in [-0.15, -0.1) is 0 Å². The molecule has 2 atom stereocenters. The van der Waals surface area contributed by atoms with E-state index in [1.807, 2.05) is 0 Å². The number of aromatic nitrogens is 3. The molecule has 0 radical (unpaired) electrons. The summed E-state index contributed by atoms with van der Waals surface area (Å²) in [5.74, 6) is -1.18. The summed E-state index contributed by atoms with van der Waals surface area (Å²) in [5, 5.41) is 11.3. The van der Waals surface area contributed by atoms with Crippen molar-refractivity contribution in [3.05, 3.63) is 94.5 Å². The Bertz CT molecular complexity index is 1820. The van der Waals surface area contributed by atoms with E-state index < -0.39 is 44.4 Å². The van der Waals surface area contributed by atoms with Crippen LogP contribution >= 0.6 is 0 Å². The summed E-state index contributed by atoms with van der Waals surface area (Å²) in [6.07, 6.45) is 0.409. The summed E-state index contributed by atoms with van der Waals surface area (Å²) in [5.41, 5.74) is -0.544. The lowest BCUT2D eigenvalue weighted by Gasteiger charge is -2.46. The van der Waals surface area contributed by atoms with Crippen LogP contribution in [0.5, 0.6) is 0 Å². The van der Waals surface area contributed by atoms with Gasteiger partial charge in [0.1, 0.15) is 11.5 Å². The number of halogens is 4. The van der Waals surface area contributed by atoms with Crippen LogP contribution in [0.1, 0.15) is 34.6 Å². The Balaban J connectivity index is 1.43. The maximum atomic E-state index is 14.3. The third-order valence-electron chi connectivity index (χ3n) is 8.12. The number of Topliss-reactive ketones (excluding diaryl/α,β-unsaturated/α-hetero) is 1. The van der Waals surface area contributed by atoms with Crippen LogP contribution in [0.3, 0.4) is 0 Å². The number of nitrogens with zero attached hydrogens (tertiary/aromatic N) is 4. The van der Waals surface area contributed by atoms with Gasteiger partial charge in [0.15, 0.2) is 15.7 Å². The zero-order valence-corrected chi connectivity index (χ0v) is 24.0. The molecule has 3 aromatic rings. The van der Waals surface area contributed by atoms with Crippen molar-refractivity contribution in [2.24, 2.45) is 5.41 Å². The summed E-state index contributed by atoms with van der Waals surface area (Å²) < 4.78 is 86.0. The summed E-state index contributed by atoms with van der Waals surface area (Å²) >= 11 is 0. The number of carbonyl (C=O) groups is 1. The first-order valence-corrected chi connectivity index (χ1v) is 15.2. The maximum absolute atomic E-state index is 14.3. The van der Waals surface area contributed by atoms with E-state index in [0.29, 0.717) is 47.4 Å². The fraction of sp³-hybridized carbons (Fsp3) is 0.310. The van der Waals surface area contributed by atoms with Crippen LogP contribution in [-0.2, 0) is 34.0 Å². The number of hydrogen-bond acceptors (Lipinski definition) is 8. The van der Waals surface area contributed by atoms with E-state index in [1.165, 1.54) is 34.8 Å². The SMILES string of the molecule is N=CC1=C(Nc2ccc(F)cc2)C=C2CCN([S@](=N)(=O)c3ncc4n3CCOC4)C[C@@]2(C(=O)c2cc(C(F)(F)F)ccn2)C1. The van der Waals surface area contributed by atoms with E-state index in [1.54, 1.807) is 10.6 Å². The highest BCUT2D eigenvalue weighted by atomic mass is 32.2. The highest BCUT2D eigenvalue weighted by molar-refractivity contribution is 7.90. The van der Waals surface area contributed by atoms with E-state index in [-0.39, 0.29) is 37.7 Å². The van der Waals surface area contributed by atoms with Gasteiger partial charge in [-0.05, 0) is 60.9 Å². The van der Waals surface area contributed by atoms with Crippen molar-refractivity contribution in [2.75, 3.05) is 25.0 Å². The van der Waals surface area contributed by atoms with Gasteiger partial charge in [-0.1, -0.05) is 5.57 Å². The van der Waals surface area contributed by atoms with Gasteiger partial charge in [0.25, 0.3) is 0 Å². The van der Waals surface area contributed by atoms with Crippen LogP contribution in [0.2, 0.25) is 0 Å². The summed E-state index contributed by atoms with van der Waals surface area (Å²) in [4.78, 5) is 22.6. The van der Waals surface area contributed by atoms with Crippen LogP contribution in [0, 0.1) is 21.4 Å². The first-order chi connectivity index (χ1) is 20.9. The number of ether oxygens (including phenoxy) is 1. The molecular weight excluding hydrogens is 602 g/mol. The number of carbonyl (C=O) groups excluding carboxylic acids is 1. The Labute approximate surface area is 250 Å². The Morgan fingerprint density at radius 2 is 1.93 bits per heavy atom. The van der Waals surface area contributed by atoms with Crippen molar-refractivity contribution in [1.82, 2.24) is 18.8 Å². The van der Waals surface area contributed by atoms with Crippen molar-refractivity contribution < 1.29 is 31.3 Å². The number of imidazole rings is 1. The predicted octanol–water partition coefficient (Wildman–Crippen LogP) is 5.21. The number of anilines is 1. The van der Waals surface area contributed by atoms with Crippen molar-refractivity contribution in [3.8, 4) is 0 Å². The number of rotatable bonds is 7. The van der Waals surface area contributed by atoms with Gasteiger partial charge >= 0.3 is 6.18 Å². The Morgan fingerprint density at radius 1 is 1.16 bits per heavy atom. The van der Waals surface area contributed by atoms with Gasteiger partial charge in [0.2, 0.25) is 5.16 Å². The lowest BCUT2D eigenvalue weighted by Crippen LogP contribution is -2.52. The minimum absolute atomic E-state index is 0.0142. The highest BCUT2D eigenvalue weighted by Gasteiger charge is 2.51. The molecule has 1 aromatic carbocycles. The number of pyridine rings is 1. The van der Waals surface area contributed by atoms with Crippen LogP contribution in [-0.4, -0.2) is 54.7 Å². The average molecular weight is 630 g/mol. The molecule has 230 valence electrons. The molecule has 1 saturated heterocycles. The summed E-state index contributed by atoms with van der Waals surface area (Å²) in [7, 11) is -3.76. The van der Waals surface area contributed by atoms with E-state index in [2.05, 4.69) is 15.3 Å². The lowest BCUT2D eigenvalue weighted by molar-refractivity contribution is -0.137. The third-order valence-corrected chi connectivity index (χ3v) is 9.98. The molecule has 10 nitrogen and oxygen atoms in total. The normalized spacial score (nSPS) is 22.0. The van der Waals surface area contributed by atoms with Crippen LogP contribution in [0.4, 0.5) is 23.2 Å². The minimum Gasteiger partial charge on any atom is -0.373 e. The number of nitrogens with one attached hydrogen (secondary N) is 3. The van der Waals surface area contributed by atoms with Crippen LogP contribution < -0.4 is 5.32 Å². The molecule has 4 heterocycles. The Kier molecular flexibility index (Phi) is 7.50. The monoisotopic (exact) mass is 629 g/mol. The number of piperidine rings is 1. The number of allylic oxidation sites excluding steroid dienone is 2. The standard InChI is InChI=1S/C29H27F4N7O3S/c30-21-1-3-22(4-2-21)38-24-11-19-6-8-39(44(35,42)27-37-15-23-16-43-10-9-40(23)27)17-28(19,13-18(24)14-34)26(41)25-12-20(5-7-36-25)29(31,32)33/h1-5,7,11-12,14-15,34-35,38H,6,8-10,13,16-17H2/t28-,44-/m0/s1. The number of fused-ring (bicyclic) bond motifs is 2. The van der Waals surface area contributed by atoms with Gasteiger partial charge in [0.05, 0.1) is 36.1 Å². The molecule has 0 unspecified atom stereocenters. The van der Waals surface area contributed by atoms with E-state index >= 15 is 0 Å². The van der Waals surface area contributed by atoms with E-state index in [4.69, 9.17) is 14.9 Å². The number of alkyl halides is 3. The molecule has 2 aliphatic heterocycles. The molecule has 3 N–H and O–H groups in total. The second-order valence-electron chi connectivity index (χ2n) is 10.8. The number of benzene rings is 1. The molecule has 0 bridgehead atoms. The molecule has 0 spiro atoms. The summed E-state index contributed by atoms with van der Waals surface area (Å²) in [6, 6.07) is 7.01. The third kappa shape index (κ3) is 5.24. The smallest absolute Gasteiger partial charge is 0.373 e. The molecule has 44 heavy (non-hydrogen) atoms. The average Bonchev–Trinajstić information content (AvgIpc) is 3.46. The van der Waals surface area contributed by atoms with E-state index in [9.17, 15) is 26.6 Å². The van der Waals surface area contributed by atoms with Crippen molar-refractivity contribution >= 4 is 27.6 Å². The fourth-order valence-electron chi connectivity index (χ4n) is 5.88. The Hall–Kier alpha value is -4.21. The van der Waals surface area contributed by atoms with Crippen molar-refractivity contribution in [3.63, 3.8) is 0 Å². The molecule has 6 rings (SSSR count). The number of ketones is 1. The highest BCUT2D eigenvalue weighted by Crippen LogP contribution is 2.48. The van der Waals surface area contributed by atoms with Gasteiger partial charge in [-0.25, -0.2) is 22.7 Å². The van der Waals surface area contributed by atoms with Gasteiger partial charge < -0.3 is 20.0 Å². The van der Waals surface area contributed by atoms with Crippen molar-refractivity contribution in [1.29, 1.82) is 10.2 Å².